The molecule has 2 rings (SSSR count). The SMILES string of the molecule is COc1ccc(OC)c(C(=O)Nc2ccc(N)c(F)c2)c1. The largest absolute Gasteiger partial charge is 0.497 e. The lowest BCUT2D eigenvalue weighted by Gasteiger charge is -2.11. The number of nitrogens with one attached hydrogen (secondary N) is 1. The van der Waals surface area contributed by atoms with Gasteiger partial charge < -0.3 is 20.5 Å². The van der Waals surface area contributed by atoms with Crippen molar-refractivity contribution >= 4 is 17.3 Å². The summed E-state index contributed by atoms with van der Waals surface area (Å²) in [5, 5.41) is 2.58. The minimum atomic E-state index is -0.592. The number of ether oxygens (including phenoxy) is 2. The number of rotatable bonds is 4. The topological polar surface area (TPSA) is 73.6 Å². The van der Waals surface area contributed by atoms with Gasteiger partial charge in [-0.15, -0.1) is 0 Å². The van der Waals surface area contributed by atoms with Gasteiger partial charge in [0.1, 0.15) is 17.3 Å². The number of hydrogen-bond donors (Lipinski definition) is 2. The molecule has 0 aromatic heterocycles. The van der Waals surface area contributed by atoms with E-state index in [1.165, 1.54) is 26.4 Å². The summed E-state index contributed by atoms with van der Waals surface area (Å²) in [7, 11) is 2.96. The van der Waals surface area contributed by atoms with Gasteiger partial charge in [0, 0.05) is 5.69 Å². The molecule has 0 atom stereocenters. The van der Waals surface area contributed by atoms with Crippen LogP contribution in [0.15, 0.2) is 36.4 Å². The summed E-state index contributed by atoms with van der Waals surface area (Å²) in [6, 6.07) is 8.90. The molecule has 21 heavy (non-hydrogen) atoms. The van der Waals surface area contributed by atoms with Gasteiger partial charge in [-0.1, -0.05) is 0 Å². The fraction of sp³-hybridized carbons (Fsp3) is 0.133. The Labute approximate surface area is 121 Å². The molecular weight excluding hydrogens is 275 g/mol. The summed E-state index contributed by atoms with van der Waals surface area (Å²) in [5.74, 6) is -0.117. The van der Waals surface area contributed by atoms with E-state index in [0.29, 0.717) is 17.2 Å². The van der Waals surface area contributed by atoms with Crippen molar-refractivity contribution in [3.8, 4) is 11.5 Å². The van der Waals surface area contributed by atoms with Crippen LogP contribution in [0, 0.1) is 5.82 Å². The van der Waals surface area contributed by atoms with E-state index in [9.17, 15) is 9.18 Å². The first-order valence-electron chi connectivity index (χ1n) is 6.13. The molecule has 1 amide bonds. The zero-order valence-corrected chi connectivity index (χ0v) is 11.6. The molecule has 110 valence electrons. The van der Waals surface area contributed by atoms with E-state index in [1.54, 1.807) is 18.2 Å². The van der Waals surface area contributed by atoms with Crippen molar-refractivity contribution in [2.45, 2.75) is 0 Å². The van der Waals surface area contributed by atoms with Crippen LogP contribution in [0.5, 0.6) is 11.5 Å². The molecule has 2 aromatic rings. The first-order valence-corrected chi connectivity index (χ1v) is 6.13. The predicted octanol–water partition coefficient (Wildman–Crippen LogP) is 2.68. The first kappa shape index (κ1) is 14.6. The Hall–Kier alpha value is -2.76. The smallest absolute Gasteiger partial charge is 0.259 e. The van der Waals surface area contributed by atoms with E-state index in [4.69, 9.17) is 15.2 Å². The lowest BCUT2D eigenvalue weighted by Crippen LogP contribution is -2.13. The van der Waals surface area contributed by atoms with Crippen molar-refractivity contribution in [3.05, 3.63) is 47.8 Å². The van der Waals surface area contributed by atoms with Crippen LogP contribution < -0.4 is 20.5 Å². The lowest BCUT2D eigenvalue weighted by atomic mass is 10.1. The van der Waals surface area contributed by atoms with Crippen LogP contribution in [-0.4, -0.2) is 20.1 Å². The number of hydrogen-bond acceptors (Lipinski definition) is 4. The number of nitrogen functional groups attached to an aromatic ring is 1. The normalized spacial score (nSPS) is 10.0. The van der Waals surface area contributed by atoms with E-state index >= 15 is 0 Å². The van der Waals surface area contributed by atoms with Crippen molar-refractivity contribution in [1.29, 1.82) is 0 Å². The number of anilines is 2. The highest BCUT2D eigenvalue weighted by Gasteiger charge is 2.14. The van der Waals surface area contributed by atoms with Crippen molar-refractivity contribution in [2.24, 2.45) is 0 Å². The Morgan fingerprint density at radius 1 is 1.14 bits per heavy atom. The molecule has 0 aliphatic heterocycles. The highest BCUT2D eigenvalue weighted by Crippen LogP contribution is 2.25. The zero-order chi connectivity index (χ0) is 15.4. The minimum absolute atomic E-state index is 0.0203. The van der Waals surface area contributed by atoms with E-state index in [1.807, 2.05) is 0 Å². The Balaban J connectivity index is 2.28. The van der Waals surface area contributed by atoms with Crippen molar-refractivity contribution < 1.29 is 18.7 Å². The number of carbonyl (C=O) groups is 1. The summed E-state index contributed by atoms with van der Waals surface area (Å²) in [5.41, 5.74) is 6.00. The Morgan fingerprint density at radius 2 is 1.90 bits per heavy atom. The van der Waals surface area contributed by atoms with Crippen molar-refractivity contribution in [1.82, 2.24) is 0 Å². The van der Waals surface area contributed by atoms with E-state index in [-0.39, 0.29) is 11.3 Å². The molecule has 0 bridgehead atoms. The molecule has 2 aromatic carbocycles. The maximum Gasteiger partial charge on any atom is 0.259 e. The monoisotopic (exact) mass is 290 g/mol. The van der Waals surface area contributed by atoms with Gasteiger partial charge in [-0.3, -0.25) is 4.79 Å². The quantitative estimate of drug-likeness (QED) is 0.849. The molecule has 0 aliphatic carbocycles. The predicted molar refractivity (Wildman–Crippen MR) is 78.3 cm³/mol. The molecule has 0 fully saturated rings. The summed E-state index contributed by atoms with van der Waals surface area (Å²) in [4.78, 5) is 12.3. The van der Waals surface area contributed by atoms with Gasteiger partial charge in [-0.25, -0.2) is 4.39 Å². The van der Waals surface area contributed by atoms with Crippen LogP contribution in [0.2, 0.25) is 0 Å². The number of benzene rings is 2. The number of methoxy groups -OCH3 is 2. The van der Waals surface area contributed by atoms with Crippen LogP contribution in [0.3, 0.4) is 0 Å². The van der Waals surface area contributed by atoms with Crippen LogP contribution in [0.25, 0.3) is 0 Å². The molecular formula is C15H15FN2O3. The van der Waals surface area contributed by atoms with Gasteiger partial charge >= 0.3 is 0 Å². The molecule has 0 unspecified atom stereocenters. The number of halogens is 1. The third-order valence-corrected chi connectivity index (χ3v) is 2.91. The number of nitrogens with two attached hydrogens (primary N) is 1. The van der Waals surface area contributed by atoms with E-state index in [0.717, 1.165) is 6.07 Å². The summed E-state index contributed by atoms with van der Waals surface area (Å²) in [6.45, 7) is 0. The summed E-state index contributed by atoms with van der Waals surface area (Å²) in [6.07, 6.45) is 0. The second kappa shape index (κ2) is 6.13. The molecule has 0 saturated carbocycles. The standard InChI is InChI=1S/C15H15FN2O3/c1-20-10-4-6-14(21-2)11(8-10)15(19)18-9-3-5-13(17)12(16)7-9/h3-8H,17H2,1-2H3,(H,18,19). The molecule has 3 N–H and O–H groups in total. The summed E-state index contributed by atoms with van der Waals surface area (Å²) >= 11 is 0. The molecule has 0 radical (unpaired) electrons. The van der Waals surface area contributed by atoms with E-state index < -0.39 is 11.7 Å². The lowest BCUT2D eigenvalue weighted by molar-refractivity contribution is 0.102. The molecule has 0 spiro atoms. The molecule has 0 saturated heterocycles. The van der Waals surface area contributed by atoms with E-state index in [2.05, 4.69) is 5.32 Å². The average molecular weight is 290 g/mol. The van der Waals surface area contributed by atoms with Gasteiger partial charge in [0.2, 0.25) is 0 Å². The highest BCUT2D eigenvalue weighted by atomic mass is 19.1. The van der Waals surface area contributed by atoms with Crippen molar-refractivity contribution in [2.75, 3.05) is 25.3 Å². The van der Waals surface area contributed by atoms with Gasteiger partial charge in [-0.2, -0.15) is 0 Å². The molecule has 6 heteroatoms. The number of amides is 1. The summed E-state index contributed by atoms with van der Waals surface area (Å²) < 4.78 is 23.6. The third kappa shape index (κ3) is 3.22. The van der Waals surface area contributed by atoms with Gasteiger partial charge in [0.05, 0.1) is 25.5 Å². The minimum Gasteiger partial charge on any atom is -0.497 e. The van der Waals surface area contributed by atoms with Crippen LogP contribution in [0.4, 0.5) is 15.8 Å². The van der Waals surface area contributed by atoms with Crippen LogP contribution in [0.1, 0.15) is 10.4 Å². The molecule has 0 aliphatic rings. The van der Waals surface area contributed by atoms with Crippen LogP contribution in [-0.2, 0) is 0 Å². The fourth-order valence-corrected chi connectivity index (χ4v) is 1.79. The Kier molecular flexibility index (Phi) is 4.27. The maximum atomic E-state index is 13.4. The average Bonchev–Trinajstić information content (AvgIpc) is 2.50. The van der Waals surface area contributed by atoms with Crippen LogP contribution >= 0.6 is 0 Å². The molecule has 5 nitrogen and oxygen atoms in total. The second-order valence-electron chi connectivity index (χ2n) is 4.26. The number of carbonyl (C=O) groups excluding carboxylic acids is 1. The van der Waals surface area contributed by atoms with Gasteiger partial charge in [0.25, 0.3) is 5.91 Å². The zero-order valence-electron chi connectivity index (χ0n) is 11.6. The first-order chi connectivity index (χ1) is 10.0. The fourth-order valence-electron chi connectivity index (χ4n) is 1.79. The van der Waals surface area contributed by atoms with Gasteiger partial charge in [0.15, 0.2) is 0 Å². The second-order valence-corrected chi connectivity index (χ2v) is 4.26. The Bertz CT molecular complexity index is 674. The van der Waals surface area contributed by atoms with Gasteiger partial charge in [-0.05, 0) is 36.4 Å². The highest BCUT2D eigenvalue weighted by molar-refractivity contribution is 6.06. The van der Waals surface area contributed by atoms with Crippen molar-refractivity contribution in [3.63, 3.8) is 0 Å². The Morgan fingerprint density at radius 3 is 2.52 bits per heavy atom. The molecule has 0 heterocycles. The third-order valence-electron chi connectivity index (χ3n) is 2.91. The maximum absolute atomic E-state index is 13.4.